The van der Waals surface area contributed by atoms with Crippen LogP contribution in [-0.2, 0) is 16.1 Å². The van der Waals surface area contributed by atoms with Crippen molar-refractivity contribution in [3.05, 3.63) is 41.7 Å². The van der Waals surface area contributed by atoms with Crippen LogP contribution in [0.2, 0.25) is 0 Å². The molecule has 0 saturated carbocycles. The zero-order valence-electron chi connectivity index (χ0n) is 15.0. The Kier molecular flexibility index (Phi) is 8.07. The maximum Gasteiger partial charge on any atom is 1.00 e. The van der Waals surface area contributed by atoms with Crippen molar-refractivity contribution < 1.29 is 69.4 Å². The average molecular weight is 403 g/mol. The van der Waals surface area contributed by atoms with Crippen molar-refractivity contribution in [2.75, 3.05) is 6.61 Å². The van der Waals surface area contributed by atoms with E-state index >= 15 is 0 Å². The van der Waals surface area contributed by atoms with Gasteiger partial charge in [-0.15, -0.1) is 5.10 Å². The molecule has 2 aromatic rings. The van der Waals surface area contributed by atoms with Crippen LogP contribution in [0.4, 0.5) is 0 Å². The van der Waals surface area contributed by atoms with Crippen molar-refractivity contribution in [3.8, 4) is 5.69 Å². The Morgan fingerprint density at radius 3 is 2.68 bits per heavy atom. The van der Waals surface area contributed by atoms with E-state index in [4.69, 9.17) is 14.6 Å². The number of carbonyl (C=O) groups excluding carboxylic acids is 1. The second kappa shape index (κ2) is 9.87. The smallest absolute Gasteiger partial charge is 0.545 e. The van der Waals surface area contributed by atoms with Crippen LogP contribution in [0.25, 0.3) is 5.69 Å². The second-order valence-corrected chi connectivity index (χ2v) is 6.00. The van der Waals surface area contributed by atoms with Gasteiger partial charge in [0.25, 0.3) is 0 Å². The van der Waals surface area contributed by atoms with Crippen LogP contribution in [0.1, 0.15) is 16.1 Å². The van der Waals surface area contributed by atoms with Gasteiger partial charge >= 0.3 is 29.6 Å². The molecule has 0 bridgehead atoms. The third-order valence-electron chi connectivity index (χ3n) is 4.13. The zero-order chi connectivity index (χ0) is 19.6. The SMILES string of the molecule is O=C([O-])c1cccc(-n2cc(CO[C@H]3O[C@H](CO)[C@@H](O)[C@H](O)[C@@H]3O)nn2)c1.[Na+]. The number of aliphatic hydroxyl groups excluding tert-OH is 4. The molecule has 0 radical (unpaired) electrons. The third kappa shape index (κ3) is 4.95. The fourth-order valence-electron chi connectivity index (χ4n) is 2.64. The van der Waals surface area contributed by atoms with Gasteiger partial charge in [0.2, 0.25) is 0 Å². The van der Waals surface area contributed by atoms with Crippen molar-refractivity contribution in [2.24, 2.45) is 0 Å². The van der Waals surface area contributed by atoms with E-state index in [0.717, 1.165) is 0 Å². The number of nitrogens with zero attached hydrogens (tertiary/aromatic N) is 3. The number of carboxylic acids is 1. The normalized spacial score (nSPS) is 27.2. The maximum absolute atomic E-state index is 10.9. The van der Waals surface area contributed by atoms with Crippen molar-refractivity contribution >= 4 is 5.97 Å². The molecule has 1 fully saturated rings. The van der Waals surface area contributed by atoms with Crippen molar-refractivity contribution in [2.45, 2.75) is 37.3 Å². The van der Waals surface area contributed by atoms with E-state index in [1.54, 1.807) is 6.07 Å². The van der Waals surface area contributed by atoms with Gasteiger partial charge in [0.1, 0.15) is 30.1 Å². The van der Waals surface area contributed by atoms with Gasteiger partial charge in [-0.3, -0.25) is 0 Å². The molecule has 0 spiro atoms. The van der Waals surface area contributed by atoms with E-state index in [2.05, 4.69) is 10.3 Å². The predicted molar refractivity (Wildman–Crippen MR) is 84.2 cm³/mol. The minimum atomic E-state index is -1.54. The molecule has 1 aromatic heterocycles. The average Bonchev–Trinajstić information content (AvgIpc) is 3.15. The van der Waals surface area contributed by atoms with Gasteiger partial charge in [-0.25, -0.2) is 4.68 Å². The minimum Gasteiger partial charge on any atom is -0.545 e. The number of carbonyl (C=O) groups is 1. The summed E-state index contributed by atoms with van der Waals surface area (Å²) in [6.45, 7) is -0.710. The number of hydrogen-bond donors (Lipinski definition) is 4. The van der Waals surface area contributed by atoms with Crippen molar-refractivity contribution in [1.82, 2.24) is 15.0 Å². The molecule has 1 aliphatic heterocycles. The zero-order valence-corrected chi connectivity index (χ0v) is 17.0. The van der Waals surface area contributed by atoms with E-state index in [1.165, 1.54) is 29.1 Å². The molecule has 0 unspecified atom stereocenters. The molecule has 1 aliphatic rings. The molecule has 0 amide bonds. The molecule has 0 aliphatic carbocycles. The number of rotatable bonds is 6. The van der Waals surface area contributed by atoms with Crippen molar-refractivity contribution in [3.63, 3.8) is 0 Å². The minimum absolute atomic E-state index is 0. The quantitative estimate of drug-likeness (QED) is 0.340. The van der Waals surface area contributed by atoms with Gasteiger partial charge in [0, 0.05) is 0 Å². The fourth-order valence-corrected chi connectivity index (χ4v) is 2.64. The van der Waals surface area contributed by atoms with Gasteiger partial charge in [-0.2, -0.15) is 0 Å². The molecule has 146 valence electrons. The Morgan fingerprint density at radius 2 is 2.00 bits per heavy atom. The molecule has 12 heteroatoms. The predicted octanol–water partition coefficient (Wildman–Crippen LogP) is -6.05. The van der Waals surface area contributed by atoms with Gasteiger partial charge < -0.3 is 39.8 Å². The number of aromatic nitrogens is 3. The summed E-state index contributed by atoms with van der Waals surface area (Å²) in [5.74, 6) is -1.32. The maximum atomic E-state index is 10.9. The summed E-state index contributed by atoms with van der Waals surface area (Å²) in [7, 11) is 0. The van der Waals surface area contributed by atoms with Gasteiger partial charge in [-0.05, 0) is 17.7 Å². The van der Waals surface area contributed by atoms with Gasteiger partial charge in [0.15, 0.2) is 6.29 Å². The molecule has 1 aromatic carbocycles. The number of ether oxygens (including phenoxy) is 2. The van der Waals surface area contributed by atoms with E-state index in [-0.39, 0.29) is 41.7 Å². The van der Waals surface area contributed by atoms with Gasteiger partial charge in [-0.1, -0.05) is 17.3 Å². The van der Waals surface area contributed by atoms with Crippen LogP contribution in [0, 0.1) is 0 Å². The Bertz CT molecular complexity index is 802. The first-order chi connectivity index (χ1) is 12.9. The summed E-state index contributed by atoms with van der Waals surface area (Å²) in [5, 5.41) is 57.2. The number of aliphatic hydroxyl groups is 4. The van der Waals surface area contributed by atoms with Crippen LogP contribution in [-0.4, -0.2) is 78.7 Å². The summed E-state index contributed by atoms with van der Waals surface area (Å²) >= 11 is 0. The van der Waals surface area contributed by atoms with Crippen LogP contribution >= 0.6 is 0 Å². The molecule has 28 heavy (non-hydrogen) atoms. The first kappa shape index (κ1) is 22.9. The molecule has 5 atom stereocenters. The molecule has 3 rings (SSSR count). The summed E-state index contributed by atoms with van der Waals surface area (Å²) in [6, 6.07) is 5.92. The Hall–Kier alpha value is -1.41. The van der Waals surface area contributed by atoms with Crippen LogP contribution in [0.15, 0.2) is 30.5 Å². The van der Waals surface area contributed by atoms with Crippen molar-refractivity contribution in [1.29, 1.82) is 0 Å². The van der Waals surface area contributed by atoms with Crippen LogP contribution in [0.3, 0.4) is 0 Å². The standard InChI is InChI=1S/C16H19N3O8.Na/c20-6-11-12(21)13(22)14(23)16(27-11)26-7-9-5-19(18-17-9)10-3-1-2-8(4-10)15(24)25;/h1-5,11-14,16,20-23H,6-7H2,(H,24,25);/q;+1/p-1/t11-,12-,13+,14+,16+;/m1./s1. The monoisotopic (exact) mass is 403 g/mol. The number of aromatic carboxylic acids is 1. The van der Waals surface area contributed by atoms with E-state index in [9.17, 15) is 25.2 Å². The topological polar surface area (TPSA) is 170 Å². The molecule has 1 saturated heterocycles. The van der Waals surface area contributed by atoms with E-state index in [1.807, 2.05) is 0 Å². The first-order valence-electron chi connectivity index (χ1n) is 8.06. The molecule has 11 nitrogen and oxygen atoms in total. The van der Waals surface area contributed by atoms with Crippen LogP contribution < -0.4 is 34.7 Å². The Labute approximate surface area is 181 Å². The third-order valence-corrected chi connectivity index (χ3v) is 4.13. The van der Waals surface area contributed by atoms with Crippen LogP contribution in [0.5, 0.6) is 0 Å². The summed E-state index contributed by atoms with van der Waals surface area (Å²) in [4.78, 5) is 10.9. The molecule has 2 heterocycles. The molecular weight excluding hydrogens is 385 g/mol. The Balaban J connectivity index is 0.00000280. The van der Waals surface area contributed by atoms with E-state index < -0.39 is 43.3 Å². The van der Waals surface area contributed by atoms with E-state index in [0.29, 0.717) is 11.4 Å². The largest absolute Gasteiger partial charge is 1.00 e. The Morgan fingerprint density at radius 1 is 1.25 bits per heavy atom. The van der Waals surface area contributed by atoms with Gasteiger partial charge in [0.05, 0.1) is 31.1 Å². The molecule has 4 N–H and O–H groups in total. The summed E-state index contributed by atoms with van der Waals surface area (Å²) < 4.78 is 11.9. The summed E-state index contributed by atoms with van der Waals surface area (Å²) in [5.41, 5.74) is 0.774. The summed E-state index contributed by atoms with van der Waals surface area (Å²) in [6.07, 6.45) is -5.40. The first-order valence-corrected chi connectivity index (χ1v) is 8.06. The number of benzene rings is 1. The fraction of sp³-hybridized carbons (Fsp3) is 0.438. The number of hydrogen-bond acceptors (Lipinski definition) is 10. The number of carboxylic acid groups (broad SMARTS) is 1. The second-order valence-electron chi connectivity index (χ2n) is 6.00. The molecular formula is C16H18N3NaO8.